The van der Waals surface area contributed by atoms with Crippen molar-refractivity contribution in [2.45, 2.75) is 20.3 Å². The molecule has 0 aliphatic heterocycles. The van der Waals surface area contributed by atoms with E-state index in [4.69, 9.17) is 0 Å². The lowest BCUT2D eigenvalue weighted by Crippen LogP contribution is -2.33. The van der Waals surface area contributed by atoms with Crippen LogP contribution in [0.3, 0.4) is 0 Å². The van der Waals surface area contributed by atoms with E-state index < -0.39 is 0 Å². The predicted octanol–water partition coefficient (Wildman–Crippen LogP) is 3.52. The second kappa shape index (κ2) is 7.52. The number of para-hydroxylation sites is 1. The molecule has 1 fully saturated rings. The summed E-state index contributed by atoms with van der Waals surface area (Å²) < 4.78 is 0. The molecule has 3 rings (SSSR count). The molecule has 1 N–H and O–H groups in total. The molecule has 2 aromatic rings. The van der Waals surface area contributed by atoms with Crippen molar-refractivity contribution < 1.29 is 14.4 Å². The highest BCUT2D eigenvalue weighted by molar-refractivity contribution is 6.04. The Kier molecular flexibility index (Phi) is 5.16. The molecule has 2 amide bonds. The molecule has 5 heteroatoms. The molecule has 0 saturated heterocycles. The molecular weight excluding hydrogens is 328 g/mol. The van der Waals surface area contributed by atoms with E-state index in [-0.39, 0.29) is 29.4 Å². The van der Waals surface area contributed by atoms with Gasteiger partial charge in [0.15, 0.2) is 5.78 Å². The van der Waals surface area contributed by atoms with E-state index in [0.717, 1.165) is 5.69 Å². The van der Waals surface area contributed by atoms with Crippen molar-refractivity contribution in [1.29, 1.82) is 0 Å². The van der Waals surface area contributed by atoms with Gasteiger partial charge in [0.1, 0.15) is 0 Å². The number of carbonyl (C=O) groups is 3. The maximum atomic E-state index is 12.7. The third-order valence-electron chi connectivity index (χ3n) is 4.65. The number of amides is 2. The van der Waals surface area contributed by atoms with Crippen LogP contribution in [0.5, 0.6) is 0 Å². The van der Waals surface area contributed by atoms with E-state index in [1.54, 1.807) is 29.2 Å². The van der Waals surface area contributed by atoms with Gasteiger partial charge in [-0.25, -0.2) is 0 Å². The van der Waals surface area contributed by atoms with Crippen LogP contribution in [0.25, 0.3) is 0 Å². The maximum Gasteiger partial charge on any atom is 0.230 e. The summed E-state index contributed by atoms with van der Waals surface area (Å²) in [6.45, 7) is 4.00. The van der Waals surface area contributed by atoms with Crippen LogP contribution in [-0.4, -0.2) is 24.1 Å². The highest BCUT2D eigenvalue weighted by Gasteiger charge is 2.49. The molecule has 0 spiro atoms. The summed E-state index contributed by atoms with van der Waals surface area (Å²) in [5.74, 6) is -0.746. The van der Waals surface area contributed by atoms with Gasteiger partial charge in [0.25, 0.3) is 0 Å². The zero-order valence-corrected chi connectivity index (χ0v) is 14.9. The number of nitrogens with one attached hydrogen (secondary N) is 1. The van der Waals surface area contributed by atoms with Crippen LogP contribution in [0.2, 0.25) is 0 Å². The first-order chi connectivity index (χ1) is 12.5. The topological polar surface area (TPSA) is 66.5 Å². The Hall–Kier alpha value is -2.95. The van der Waals surface area contributed by atoms with Crippen LogP contribution >= 0.6 is 0 Å². The Balaban J connectivity index is 1.61. The standard InChI is InChI=1S/C21H22N2O3/c1-3-23(17-7-5-4-6-8-17)21(26)19-13-18(19)20(25)22-16-11-9-15(10-12-16)14(2)24/h4-12,18-19H,3,13H2,1-2H3,(H,22,25). The number of nitrogens with zero attached hydrogens (tertiary/aromatic N) is 1. The Morgan fingerprint density at radius 2 is 1.65 bits per heavy atom. The molecule has 0 heterocycles. The van der Waals surface area contributed by atoms with E-state index in [0.29, 0.717) is 24.2 Å². The maximum absolute atomic E-state index is 12.7. The summed E-state index contributed by atoms with van der Waals surface area (Å²) in [6, 6.07) is 16.3. The van der Waals surface area contributed by atoms with Gasteiger partial charge in [-0.3, -0.25) is 14.4 Å². The number of carbonyl (C=O) groups excluding carboxylic acids is 3. The zero-order chi connectivity index (χ0) is 18.7. The average molecular weight is 350 g/mol. The van der Waals surface area contributed by atoms with Crippen molar-refractivity contribution in [3.63, 3.8) is 0 Å². The van der Waals surface area contributed by atoms with E-state index in [1.165, 1.54) is 6.92 Å². The smallest absolute Gasteiger partial charge is 0.230 e. The quantitative estimate of drug-likeness (QED) is 0.811. The molecule has 134 valence electrons. The van der Waals surface area contributed by atoms with Crippen molar-refractivity contribution in [2.24, 2.45) is 11.8 Å². The van der Waals surface area contributed by atoms with E-state index in [1.807, 2.05) is 37.3 Å². The monoisotopic (exact) mass is 350 g/mol. The average Bonchev–Trinajstić information content (AvgIpc) is 3.44. The normalized spacial score (nSPS) is 18.1. The van der Waals surface area contributed by atoms with Gasteiger partial charge < -0.3 is 10.2 Å². The highest BCUT2D eigenvalue weighted by Crippen LogP contribution is 2.41. The number of benzene rings is 2. The van der Waals surface area contributed by atoms with Gasteiger partial charge in [-0.05, 0) is 56.7 Å². The van der Waals surface area contributed by atoms with E-state index in [9.17, 15) is 14.4 Å². The van der Waals surface area contributed by atoms with Gasteiger partial charge in [0.2, 0.25) is 11.8 Å². The molecule has 1 aliphatic carbocycles. The van der Waals surface area contributed by atoms with Crippen molar-refractivity contribution in [1.82, 2.24) is 0 Å². The summed E-state index contributed by atoms with van der Waals surface area (Å²) in [7, 11) is 0. The lowest BCUT2D eigenvalue weighted by molar-refractivity contribution is -0.123. The minimum absolute atomic E-state index is 0.00854. The summed E-state index contributed by atoms with van der Waals surface area (Å²) in [5.41, 5.74) is 2.09. The van der Waals surface area contributed by atoms with Crippen LogP contribution in [0.1, 0.15) is 30.6 Å². The number of hydrogen-bond donors (Lipinski definition) is 1. The Morgan fingerprint density at radius 1 is 1.00 bits per heavy atom. The first-order valence-electron chi connectivity index (χ1n) is 8.79. The predicted molar refractivity (Wildman–Crippen MR) is 101 cm³/mol. The fraction of sp³-hybridized carbons (Fsp3) is 0.286. The number of hydrogen-bond acceptors (Lipinski definition) is 3. The molecule has 2 aromatic carbocycles. The molecule has 2 atom stereocenters. The third-order valence-corrected chi connectivity index (χ3v) is 4.65. The minimum Gasteiger partial charge on any atom is -0.326 e. The highest BCUT2D eigenvalue weighted by atomic mass is 16.2. The molecular formula is C21H22N2O3. The van der Waals surface area contributed by atoms with Crippen LogP contribution in [0.4, 0.5) is 11.4 Å². The Labute approximate surface area is 153 Å². The molecule has 0 aromatic heterocycles. The molecule has 2 unspecified atom stereocenters. The lowest BCUT2D eigenvalue weighted by Gasteiger charge is -2.21. The SMILES string of the molecule is CCN(C(=O)C1CC1C(=O)Nc1ccc(C(C)=O)cc1)c1ccccc1. The Morgan fingerprint density at radius 3 is 2.23 bits per heavy atom. The fourth-order valence-electron chi connectivity index (χ4n) is 3.05. The summed E-state index contributed by atoms with van der Waals surface area (Å²) in [4.78, 5) is 38.2. The second-order valence-corrected chi connectivity index (χ2v) is 6.49. The Bertz CT molecular complexity index is 815. The fourth-order valence-corrected chi connectivity index (χ4v) is 3.05. The molecule has 5 nitrogen and oxygen atoms in total. The number of rotatable bonds is 6. The van der Waals surface area contributed by atoms with Gasteiger partial charge in [0.05, 0.1) is 11.8 Å². The summed E-state index contributed by atoms with van der Waals surface area (Å²) in [6.07, 6.45) is 0.569. The van der Waals surface area contributed by atoms with Crippen molar-refractivity contribution >= 4 is 29.0 Å². The van der Waals surface area contributed by atoms with Crippen molar-refractivity contribution in [3.8, 4) is 0 Å². The summed E-state index contributed by atoms with van der Waals surface area (Å²) >= 11 is 0. The number of anilines is 2. The second-order valence-electron chi connectivity index (χ2n) is 6.49. The largest absolute Gasteiger partial charge is 0.326 e. The third kappa shape index (κ3) is 3.82. The van der Waals surface area contributed by atoms with Gasteiger partial charge in [0, 0.05) is 23.5 Å². The molecule has 0 radical (unpaired) electrons. The molecule has 26 heavy (non-hydrogen) atoms. The summed E-state index contributed by atoms with van der Waals surface area (Å²) in [5, 5.41) is 2.83. The van der Waals surface area contributed by atoms with E-state index in [2.05, 4.69) is 5.32 Å². The lowest BCUT2D eigenvalue weighted by atomic mass is 10.1. The molecule has 1 saturated carbocycles. The zero-order valence-electron chi connectivity index (χ0n) is 14.9. The molecule has 0 bridgehead atoms. The minimum atomic E-state index is -0.298. The molecule has 1 aliphatic rings. The van der Waals surface area contributed by atoms with Crippen LogP contribution in [0.15, 0.2) is 54.6 Å². The van der Waals surface area contributed by atoms with Crippen LogP contribution in [0, 0.1) is 11.8 Å². The van der Waals surface area contributed by atoms with Crippen LogP contribution in [-0.2, 0) is 9.59 Å². The first-order valence-corrected chi connectivity index (χ1v) is 8.79. The number of ketones is 1. The van der Waals surface area contributed by atoms with E-state index >= 15 is 0 Å². The van der Waals surface area contributed by atoms with Crippen molar-refractivity contribution in [2.75, 3.05) is 16.8 Å². The number of Topliss-reactive ketones (excluding diaryl/α,β-unsaturated/α-hetero) is 1. The first kappa shape index (κ1) is 17.9. The van der Waals surface area contributed by atoms with Crippen molar-refractivity contribution in [3.05, 3.63) is 60.2 Å². The van der Waals surface area contributed by atoms with Gasteiger partial charge in [-0.2, -0.15) is 0 Å². The van der Waals surface area contributed by atoms with Gasteiger partial charge in [-0.15, -0.1) is 0 Å². The van der Waals surface area contributed by atoms with Gasteiger partial charge in [-0.1, -0.05) is 18.2 Å². The van der Waals surface area contributed by atoms with Crippen LogP contribution < -0.4 is 10.2 Å². The van der Waals surface area contributed by atoms with Gasteiger partial charge >= 0.3 is 0 Å².